The zero-order valence-electron chi connectivity index (χ0n) is 10.2. The number of hydrogen-bond donors (Lipinski definition) is 0. The van der Waals surface area contributed by atoms with Gasteiger partial charge in [0.05, 0.1) is 5.66 Å². The third-order valence-corrected chi connectivity index (χ3v) is 2.97. The zero-order chi connectivity index (χ0) is 10.5. The Labute approximate surface area is 83.9 Å². The summed E-state index contributed by atoms with van der Waals surface area (Å²) < 4.78 is 0. The minimum absolute atomic E-state index is 0.267. The molecule has 0 fully saturated rings. The Bertz CT molecular complexity index is 114. The van der Waals surface area contributed by atoms with Crippen LogP contribution >= 0.6 is 0 Å². The second-order valence-electron chi connectivity index (χ2n) is 4.27. The van der Waals surface area contributed by atoms with Crippen LogP contribution in [0.2, 0.25) is 0 Å². The van der Waals surface area contributed by atoms with Gasteiger partial charge in [-0.15, -0.1) is 0 Å². The van der Waals surface area contributed by atoms with Gasteiger partial charge >= 0.3 is 0 Å². The Balaban J connectivity index is 4.59. The standard InChI is InChI=1S/C11H26N2/c1-7-9-11(10-8-2,12(3)4)13(5)6/h7-10H2,1-6H3. The molecule has 13 heavy (non-hydrogen) atoms. The van der Waals surface area contributed by atoms with Crippen LogP contribution in [-0.4, -0.2) is 43.7 Å². The van der Waals surface area contributed by atoms with Crippen LogP contribution in [0.1, 0.15) is 39.5 Å². The highest BCUT2D eigenvalue weighted by molar-refractivity contribution is 4.84. The summed E-state index contributed by atoms with van der Waals surface area (Å²) in [5, 5.41) is 0. The summed E-state index contributed by atoms with van der Waals surface area (Å²) >= 11 is 0. The van der Waals surface area contributed by atoms with E-state index in [1.54, 1.807) is 0 Å². The van der Waals surface area contributed by atoms with Gasteiger partial charge in [-0.2, -0.15) is 0 Å². The molecule has 0 aromatic rings. The van der Waals surface area contributed by atoms with Crippen LogP contribution in [0.4, 0.5) is 0 Å². The molecule has 0 aliphatic carbocycles. The van der Waals surface area contributed by atoms with E-state index in [4.69, 9.17) is 0 Å². The summed E-state index contributed by atoms with van der Waals surface area (Å²) in [5.41, 5.74) is 0.267. The molecule has 0 aromatic carbocycles. The molecule has 0 spiro atoms. The van der Waals surface area contributed by atoms with E-state index >= 15 is 0 Å². The highest BCUT2D eigenvalue weighted by Crippen LogP contribution is 2.26. The van der Waals surface area contributed by atoms with Crippen molar-refractivity contribution in [3.8, 4) is 0 Å². The molecule has 0 heterocycles. The third kappa shape index (κ3) is 2.96. The van der Waals surface area contributed by atoms with Gasteiger partial charge in [-0.05, 0) is 41.0 Å². The predicted molar refractivity (Wildman–Crippen MR) is 59.9 cm³/mol. The maximum atomic E-state index is 2.36. The first kappa shape index (κ1) is 12.9. The highest BCUT2D eigenvalue weighted by Gasteiger charge is 2.32. The van der Waals surface area contributed by atoms with E-state index in [0.29, 0.717) is 0 Å². The molecule has 0 bridgehead atoms. The number of hydrogen-bond acceptors (Lipinski definition) is 2. The molecule has 0 saturated carbocycles. The molecule has 0 aliphatic rings. The molecule has 0 aromatic heterocycles. The van der Waals surface area contributed by atoms with Gasteiger partial charge in [0.25, 0.3) is 0 Å². The van der Waals surface area contributed by atoms with Gasteiger partial charge in [0.2, 0.25) is 0 Å². The molecule has 0 N–H and O–H groups in total. The summed E-state index contributed by atoms with van der Waals surface area (Å²) in [5.74, 6) is 0. The second kappa shape index (κ2) is 5.61. The van der Waals surface area contributed by atoms with Crippen molar-refractivity contribution in [2.45, 2.75) is 45.2 Å². The normalized spacial score (nSPS) is 12.9. The first-order chi connectivity index (χ1) is 6.01. The summed E-state index contributed by atoms with van der Waals surface area (Å²) in [6.45, 7) is 4.52. The lowest BCUT2D eigenvalue weighted by Crippen LogP contribution is -2.54. The van der Waals surface area contributed by atoms with Crippen molar-refractivity contribution in [2.24, 2.45) is 0 Å². The molecule has 0 atom stereocenters. The molecule has 2 nitrogen and oxygen atoms in total. The van der Waals surface area contributed by atoms with Crippen LogP contribution in [-0.2, 0) is 0 Å². The average molecular weight is 186 g/mol. The Kier molecular flexibility index (Phi) is 5.57. The number of rotatable bonds is 6. The number of nitrogens with zero attached hydrogens (tertiary/aromatic N) is 2. The van der Waals surface area contributed by atoms with Crippen LogP contribution < -0.4 is 0 Å². The fraction of sp³-hybridized carbons (Fsp3) is 1.00. The fourth-order valence-electron chi connectivity index (χ4n) is 2.22. The Morgan fingerprint density at radius 1 is 0.769 bits per heavy atom. The molecule has 0 amide bonds. The van der Waals surface area contributed by atoms with Crippen molar-refractivity contribution in [1.29, 1.82) is 0 Å². The summed E-state index contributed by atoms with van der Waals surface area (Å²) in [4.78, 5) is 4.72. The lowest BCUT2D eigenvalue weighted by Gasteiger charge is -2.45. The maximum Gasteiger partial charge on any atom is 0.0727 e. The van der Waals surface area contributed by atoms with Crippen molar-refractivity contribution in [1.82, 2.24) is 9.80 Å². The zero-order valence-corrected chi connectivity index (χ0v) is 10.2. The minimum Gasteiger partial charge on any atom is -0.291 e. The maximum absolute atomic E-state index is 2.36. The van der Waals surface area contributed by atoms with Crippen LogP contribution in [0.5, 0.6) is 0 Å². The molecule has 0 rings (SSSR count). The predicted octanol–water partition coefficient (Wildman–Crippen LogP) is 2.41. The van der Waals surface area contributed by atoms with E-state index < -0.39 is 0 Å². The van der Waals surface area contributed by atoms with Gasteiger partial charge in [0, 0.05) is 0 Å². The smallest absolute Gasteiger partial charge is 0.0727 e. The fourth-order valence-corrected chi connectivity index (χ4v) is 2.22. The van der Waals surface area contributed by atoms with Gasteiger partial charge in [-0.25, -0.2) is 0 Å². The van der Waals surface area contributed by atoms with Gasteiger partial charge in [-0.3, -0.25) is 9.80 Å². The highest BCUT2D eigenvalue weighted by atomic mass is 15.4. The lowest BCUT2D eigenvalue weighted by atomic mass is 9.96. The van der Waals surface area contributed by atoms with Crippen molar-refractivity contribution in [2.75, 3.05) is 28.2 Å². The minimum atomic E-state index is 0.267. The first-order valence-corrected chi connectivity index (χ1v) is 5.36. The van der Waals surface area contributed by atoms with Crippen LogP contribution in [0.15, 0.2) is 0 Å². The van der Waals surface area contributed by atoms with Crippen LogP contribution in [0, 0.1) is 0 Å². The Hall–Kier alpha value is -0.0800. The molecule has 0 radical (unpaired) electrons. The molecule has 0 saturated heterocycles. The average Bonchev–Trinajstić information content (AvgIpc) is 2.03. The lowest BCUT2D eigenvalue weighted by molar-refractivity contribution is -0.0134. The van der Waals surface area contributed by atoms with E-state index in [9.17, 15) is 0 Å². The topological polar surface area (TPSA) is 6.48 Å². The SMILES string of the molecule is CCCC(CCC)(N(C)C)N(C)C. The van der Waals surface area contributed by atoms with Crippen molar-refractivity contribution < 1.29 is 0 Å². The van der Waals surface area contributed by atoms with E-state index in [-0.39, 0.29) is 5.66 Å². The summed E-state index contributed by atoms with van der Waals surface area (Å²) in [6, 6.07) is 0. The molecule has 0 aliphatic heterocycles. The van der Waals surface area contributed by atoms with Crippen LogP contribution in [0.3, 0.4) is 0 Å². The Morgan fingerprint density at radius 2 is 1.08 bits per heavy atom. The van der Waals surface area contributed by atoms with E-state index in [2.05, 4.69) is 51.8 Å². The third-order valence-electron chi connectivity index (χ3n) is 2.97. The van der Waals surface area contributed by atoms with E-state index in [0.717, 1.165) is 0 Å². The van der Waals surface area contributed by atoms with Gasteiger partial charge < -0.3 is 0 Å². The molecule has 80 valence electrons. The van der Waals surface area contributed by atoms with E-state index in [1.807, 2.05) is 0 Å². The monoisotopic (exact) mass is 186 g/mol. The molecular formula is C11H26N2. The first-order valence-electron chi connectivity index (χ1n) is 5.36. The van der Waals surface area contributed by atoms with Crippen molar-refractivity contribution in [3.63, 3.8) is 0 Å². The largest absolute Gasteiger partial charge is 0.291 e. The summed E-state index contributed by atoms with van der Waals surface area (Å²) in [7, 11) is 8.74. The molecular weight excluding hydrogens is 160 g/mol. The summed E-state index contributed by atoms with van der Waals surface area (Å²) in [6.07, 6.45) is 4.99. The van der Waals surface area contributed by atoms with E-state index in [1.165, 1.54) is 25.7 Å². The second-order valence-corrected chi connectivity index (χ2v) is 4.27. The Morgan fingerprint density at radius 3 is 1.23 bits per heavy atom. The molecule has 2 heteroatoms. The van der Waals surface area contributed by atoms with Gasteiger partial charge in [0.15, 0.2) is 0 Å². The quantitative estimate of drug-likeness (QED) is 0.588. The molecule has 0 unspecified atom stereocenters. The van der Waals surface area contributed by atoms with Gasteiger partial charge in [-0.1, -0.05) is 26.7 Å². The van der Waals surface area contributed by atoms with Crippen molar-refractivity contribution in [3.05, 3.63) is 0 Å². The van der Waals surface area contributed by atoms with Crippen LogP contribution in [0.25, 0.3) is 0 Å². The van der Waals surface area contributed by atoms with Crippen molar-refractivity contribution >= 4 is 0 Å². The van der Waals surface area contributed by atoms with Gasteiger partial charge in [0.1, 0.15) is 0 Å².